The Labute approximate surface area is 188 Å². The molecule has 1 aromatic heterocycles. The Hall–Kier alpha value is -3.41. The Morgan fingerprint density at radius 1 is 1.06 bits per heavy atom. The van der Waals surface area contributed by atoms with Crippen LogP contribution in [0.15, 0.2) is 47.3 Å². The SMILES string of the molecule is COc1ccc(NC(=O)[C@@H](C)n2nc(-c3cc(C)ccc3C)c3c(c2=O)CCCC3)cc1. The van der Waals surface area contributed by atoms with E-state index in [0.29, 0.717) is 11.4 Å². The average Bonchev–Trinajstić information content (AvgIpc) is 2.81. The van der Waals surface area contributed by atoms with E-state index in [1.165, 1.54) is 4.68 Å². The highest BCUT2D eigenvalue weighted by Gasteiger charge is 2.26. The molecule has 1 heterocycles. The molecule has 0 unspecified atom stereocenters. The van der Waals surface area contributed by atoms with Crippen LogP contribution in [0.3, 0.4) is 0 Å². The van der Waals surface area contributed by atoms with E-state index in [0.717, 1.165) is 59.2 Å². The number of anilines is 1. The fourth-order valence-electron chi connectivity index (χ4n) is 4.26. The predicted octanol–water partition coefficient (Wildman–Crippen LogP) is 4.61. The number of carbonyl (C=O) groups excluding carboxylic acids is 1. The number of rotatable bonds is 5. The summed E-state index contributed by atoms with van der Waals surface area (Å²) in [5, 5.41) is 7.66. The number of amides is 1. The molecule has 166 valence electrons. The van der Waals surface area contributed by atoms with Crippen LogP contribution in [0, 0.1) is 13.8 Å². The first-order valence-electron chi connectivity index (χ1n) is 11.1. The van der Waals surface area contributed by atoms with Gasteiger partial charge in [-0.3, -0.25) is 9.59 Å². The first-order valence-corrected chi connectivity index (χ1v) is 11.1. The zero-order valence-electron chi connectivity index (χ0n) is 19.1. The summed E-state index contributed by atoms with van der Waals surface area (Å²) in [6, 6.07) is 12.6. The number of ether oxygens (including phenoxy) is 1. The van der Waals surface area contributed by atoms with Gasteiger partial charge >= 0.3 is 0 Å². The average molecular weight is 432 g/mol. The highest BCUT2D eigenvalue weighted by molar-refractivity contribution is 5.93. The van der Waals surface area contributed by atoms with Crippen molar-refractivity contribution in [2.24, 2.45) is 0 Å². The number of nitrogens with zero attached hydrogens (tertiary/aromatic N) is 2. The van der Waals surface area contributed by atoms with Crippen molar-refractivity contribution in [2.45, 2.75) is 52.5 Å². The lowest BCUT2D eigenvalue weighted by Crippen LogP contribution is -2.37. The molecule has 6 heteroatoms. The quantitative estimate of drug-likeness (QED) is 0.640. The number of aryl methyl sites for hydroxylation is 2. The lowest BCUT2D eigenvalue weighted by Gasteiger charge is -2.23. The molecule has 1 N–H and O–H groups in total. The lowest BCUT2D eigenvalue weighted by molar-refractivity contribution is -0.119. The van der Waals surface area contributed by atoms with E-state index in [1.807, 2.05) is 0 Å². The fraction of sp³-hybridized carbons (Fsp3) is 0.346. The van der Waals surface area contributed by atoms with Crippen LogP contribution in [0.5, 0.6) is 5.75 Å². The van der Waals surface area contributed by atoms with Crippen molar-refractivity contribution < 1.29 is 9.53 Å². The standard InChI is InChI=1S/C26H29N3O3/c1-16-9-10-17(2)23(15-16)24-21-7-5-6-8-22(21)26(31)29(28-24)18(3)25(30)27-19-11-13-20(32-4)14-12-19/h9-15,18H,5-8H2,1-4H3,(H,27,30)/t18-/m1/s1. The third kappa shape index (κ3) is 4.17. The summed E-state index contributed by atoms with van der Waals surface area (Å²) in [4.78, 5) is 26.3. The molecule has 1 aliphatic rings. The molecule has 0 bridgehead atoms. The van der Waals surface area contributed by atoms with Gasteiger partial charge in [0.05, 0.1) is 12.8 Å². The molecule has 1 aliphatic carbocycles. The maximum atomic E-state index is 13.3. The predicted molar refractivity (Wildman–Crippen MR) is 126 cm³/mol. The Kier molecular flexibility index (Phi) is 6.12. The van der Waals surface area contributed by atoms with Crippen LogP contribution in [0.4, 0.5) is 5.69 Å². The van der Waals surface area contributed by atoms with Crippen LogP contribution in [0.25, 0.3) is 11.3 Å². The van der Waals surface area contributed by atoms with Gasteiger partial charge in [0.2, 0.25) is 5.91 Å². The summed E-state index contributed by atoms with van der Waals surface area (Å²) in [7, 11) is 1.59. The van der Waals surface area contributed by atoms with Crippen molar-refractivity contribution >= 4 is 11.6 Å². The van der Waals surface area contributed by atoms with E-state index < -0.39 is 6.04 Å². The van der Waals surface area contributed by atoms with E-state index in [-0.39, 0.29) is 11.5 Å². The normalized spacial score (nSPS) is 13.9. The zero-order valence-corrected chi connectivity index (χ0v) is 19.1. The van der Waals surface area contributed by atoms with Gasteiger partial charge in [0, 0.05) is 16.8 Å². The van der Waals surface area contributed by atoms with Crippen LogP contribution in [-0.2, 0) is 17.6 Å². The van der Waals surface area contributed by atoms with Gasteiger partial charge in [-0.25, -0.2) is 4.68 Å². The molecule has 0 radical (unpaired) electrons. The minimum Gasteiger partial charge on any atom is -0.497 e. The molecule has 0 aliphatic heterocycles. The van der Waals surface area contributed by atoms with Gasteiger partial charge in [-0.05, 0) is 87.9 Å². The summed E-state index contributed by atoms with van der Waals surface area (Å²) in [6.07, 6.45) is 3.59. The fourth-order valence-corrected chi connectivity index (χ4v) is 4.26. The minimum atomic E-state index is -0.749. The van der Waals surface area contributed by atoms with Crippen molar-refractivity contribution in [3.63, 3.8) is 0 Å². The maximum absolute atomic E-state index is 13.3. The number of aromatic nitrogens is 2. The number of fused-ring (bicyclic) bond motifs is 1. The molecule has 0 saturated carbocycles. The van der Waals surface area contributed by atoms with Crippen molar-refractivity contribution in [3.05, 3.63) is 75.1 Å². The van der Waals surface area contributed by atoms with Gasteiger partial charge < -0.3 is 10.1 Å². The van der Waals surface area contributed by atoms with Crippen molar-refractivity contribution in [3.8, 4) is 17.0 Å². The highest BCUT2D eigenvalue weighted by atomic mass is 16.5. The van der Waals surface area contributed by atoms with Gasteiger partial charge in [0.1, 0.15) is 11.8 Å². The van der Waals surface area contributed by atoms with E-state index in [4.69, 9.17) is 9.84 Å². The number of hydrogen-bond acceptors (Lipinski definition) is 4. The van der Waals surface area contributed by atoms with Crippen LogP contribution in [0.1, 0.15) is 48.1 Å². The van der Waals surface area contributed by atoms with Crippen LogP contribution >= 0.6 is 0 Å². The van der Waals surface area contributed by atoms with Crippen molar-refractivity contribution in [1.29, 1.82) is 0 Å². The van der Waals surface area contributed by atoms with Gasteiger partial charge in [-0.15, -0.1) is 0 Å². The summed E-state index contributed by atoms with van der Waals surface area (Å²) in [5.74, 6) is 0.425. The van der Waals surface area contributed by atoms with Crippen LogP contribution < -0.4 is 15.6 Å². The van der Waals surface area contributed by atoms with Crippen molar-refractivity contribution in [2.75, 3.05) is 12.4 Å². The molecule has 3 aromatic rings. The zero-order chi connectivity index (χ0) is 22.8. The number of hydrogen-bond donors (Lipinski definition) is 1. The van der Waals surface area contributed by atoms with Crippen LogP contribution in [0.2, 0.25) is 0 Å². The van der Waals surface area contributed by atoms with Crippen LogP contribution in [-0.4, -0.2) is 22.8 Å². The third-order valence-electron chi connectivity index (χ3n) is 6.18. The molecule has 4 rings (SSSR count). The second-order valence-electron chi connectivity index (χ2n) is 8.47. The minimum absolute atomic E-state index is 0.161. The van der Waals surface area contributed by atoms with Gasteiger partial charge in [-0.2, -0.15) is 5.10 Å². The van der Waals surface area contributed by atoms with E-state index in [9.17, 15) is 9.59 Å². The van der Waals surface area contributed by atoms with Gasteiger partial charge in [-0.1, -0.05) is 17.7 Å². The molecule has 1 atom stereocenters. The first kappa shape index (κ1) is 21.8. The maximum Gasteiger partial charge on any atom is 0.271 e. The summed E-state index contributed by atoms with van der Waals surface area (Å²) in [5.41, 5.74) is 6.41. The molecule has 2 aromatic carbocycles. The molecular weight excluding hydrogens is 402 g/mol. The lowest BCUT2D eigenvalue weighted by atomic mass is 9.88. The topological polar surface area (TPSA) is 73.2 Å². The molecule has 1 amide bonds. The number of methoxy groups -OCH3 is 1. The Morgan fingerprint density at radius 3 is 2.44 bits per heavy atom. The second-order valence-corrected chi connectivity index (χ2v) is 8.47. The number of carbonyl (C=O) groups is 1. The van der Waals surface area contributed by atoms with E-state index in [2.05, 4.69) is 37.4 Å². The summed E-state index contributed by atoms with van der Waals surface area (Å²) >= 11 is 0. The molecular formula is C26H29N3O3. The molecule has 32 heavy (non-hydrogen) atoms. The molecule has 0 spiro atoms. The first-order chi connectivity index (χ1) is 15.4. The number of benzene rings is 2. The smallest absolute Gasteiger partial charge is 0.271 e. The molecule has 0 saturated heterocycles. The Morgan fingerprint density at radius 2 is 1.75 bits per heavy atom. The molecule has 0 fully saturated rings. The van der Waals surface area contributed by atoms with Gasteiger partial charge in [0.25, 0.3) is 5.56 Å². The van der Waals surface area contributed by atoms with Gasteiger partial charge in [0.15, 0.2) is 0 Å². The second kappa shape index (κ2) is 8.99. The summed E-state index contributed by atoms with van der Waals surface area (Å²) in [6.45, 7) is 5.83. The molecule has 6 nitrogen and oxygen atoms in total. The van der Waals surface area contributed by atoms with E-state index >= 15 is 0 Å². The monoisotopic (exact) mass is 431 g/mol. The third-order valence-corrected chi connectivity index (χ3v) is 6.18. The summed E-state index contributed by atoms with van der Waals surface area (Å²) < 4.78 is 6.53. The van der Waals surface area contributed by atoms with E-state index in [1.54, 1.807) is 38.3 Å². The van der Waals surface area contributed by atoms with Crippen molar-refractivity contribution in [1.82, 2.24) is 9.78 Å². The Balaban J connectivity index is 1.75. The Bertz CT molecular complexity index is 1210. The highest BCUT2D eigenvalue weighted by Crippen LogP contribution is 2.31. The number of nitrogens with one attached hydrogen (secondary N) is 1. The largest absolute Gasteiger partial charge is 0.497 e.